The van der Waals surface area contributed by atoms with Crippen molar-refractivity contribution in [2.24, 2.45) is 0 Å². The van der Waals surface area contributed by atoms with E-state index in [1.807, 2.05) is 6.92 Å². The van der Waals surface area contributed by atoms with Gasteiger partial charge in [0.1, 0.15) is 11.6 Å². The van der Waals surface area contributed by atoms with Gasteiger partial charge in [0.25, 0.3) is 0 Å². The van der Waals surface area contributed by atoms with Gasteiger partial charge >= 0.3 is 0 Å². The highest BCUT2D eigenvalue weighted by Crippen LogP contribution is 2.25. The summed E-state index contributed by atoms with van der Waals surface area (Å²) >= 11 is 0. The predicted molar refractivity (Wildman–Crippen MR) is 67.6 cm³/mol. The third-order valence-corrected chi connectivity index (χ3v) is 2.66. The lowest BCUT2D eigenvalue weighted by Crippen LogP contribution is -2.08. The van der Waals surface area contributed by atoms with Crippen LogP contribution in [0.5, 0.6) is 11.5 Å². The molecule has 1 aromatic carbocycles. The zero-order valence-electron chi connectivity index (χ0n) is 10.5. The predicted octanol–water partition coefficient (Wildman–Crippen LogP) is 2.36. The lowest BCUT2D eigenvalue weighted by molar-refractivity contribution is -0.126. The number of aromatic hydroxyl groups is 2. The van der Waals surface area contributed by atoms with Crippen LogP contribution in [0.2, 0.25) is 0 Å². The van der Waals surface area contributed by atoms with Crippen molar-refractivity contribution in [3.05, 3.63) is 23.8 Å². The molecule has 0 atom stereocenters. The van der Waals surface area contributed by atoms with Gasteiger partial charge in [-0.25, -0.2) is 0 Å². The zero-order valence-corrected chi connectivity index (χ0v) is 10.5. The van der Waals surface area contributed by atoms with Gasteiger partial charge in [0.15, 0.2) is 11.5 Å². The molecular weight excluding hydrogens is 232 g/mol. The number of Topliss-reactive ketones (excluding diaryl/α,β-unsaturated/α-hetero) is 2. The van der Waals surface area contributed by atoms with Gasteiger partial charge in [0.2, 0.25) is 0 Å². The molecule has 2 N–H and O–H groups in total. The van der Waals surface area contributed by atoms with Crippen molar-refractivity contribution in [1.82, 2.24) is 0 Å². The van der Waals surface area contributed by atoms with Crippen molar-refractivity contribution in [3.63, 3.8) is 0 Å². The molecule has 4 nitrogen and oxygen atoms in total. The highest BCUT2D eigenvalue weighted by molar-refractivity contribution is 5.99. The van der Waals surface area contributed by atoms with Gasteiger partial charge in [-0.1, -0.05) is 13.0 Å². The number of phenols is 2. The van der Waals surface area contributed by atoms with Gasteiger partial charge < -0.3 is 10.2 Å². The van der Waals surface area contributed by atoms with Crippen LogP contribution < -0.4 is 0 Å². The van der Waals surface area contributed by atoms with Gasteiger partial charge in [-0.15, -0.1) is 0 Å². The standard InChI is InChI=1S/C14H18O4/c1-2-3-11(15)9-12(16)6-4-10-5-7-13(17)14(18)8-10/h5,7-8,17-18H,2-4,6,9H2,1H3. The van der Waals surface area contributed by atoms with Crippen LogP contribution >= 0.6 is 0 Å². The number of aryl methyl sites for hydroxylation is 1. The van der Waals surface area contributed by atoms with Gasteiger partial charge in [-0.3, -0.25) is 9.59 Å². The molecule has 0 fully saturated rings. The number of benzene rings is 1. The van der Waals surface area contributed by atoms with Crippen molar-refractivity contribution < 1.29 is 19.8 Å². The first-order valence-corrected chi connectivity index (χ1v) is 6.07. The Labute approximate surface area is 106 Å². The summed E-state index contributed by atoms with van der Waals surface area (Å²) in [6, 6.07) is 4.46. The first-order chi connectivity index (χ1) is 8.52. The van der Waals surface area contributed by atoms with E-state index in [0.717, 1.165) is 12.0 Å². The summed E-state index contributed by atoms with van der Waals surface area (Å²) in [5, 5.41) is 18.4. The molecule has 0 amide bonds. The number of carbonyl (C=O) groups excluding carboxylic acids is 2. The summed E-state index contributed by atoms with van der Waals surface area (Å²) in [7, 11) is 0. The minimum absolute atomic E-state index is 0.00208. The monoisotopic (exact) mass is 250 g/mol. The summed E-state index contributed by atoms with van der Waals surface area (Å²) in [5.74, 6) is -0.470. The van der Waals surface area contributed by atoms with Gasteiger partial charge in [0.05, 0.1) is 6.42 Å². The van der Waals surface area contributed by atoms with Crippen molar-refractivity contribution >= 4 is 11.6 Å². The molecule has 18 heavy (non-hydrogen) atoms. The van der Waals surface area contributed by atoms with Crippen LogP contribution in [0.4, 0.5) is 0 Å². The minimum atomic E-state index is -0.193. The summed E-state index contributed by atoms with van der Waals surface area (Å²) < 4.78 is 0. The highest BCUT2D eigenvalue weighted by Gasteiger charge is 2.09. The van der Waals surface area contributed by atoms with Crippen LogP contribution in [0.3, 0.4) is 0 Å². The number of carbonyl (C=O) groups is 2. The summed E-state index contributed by atoms with van der Waals surface area (Å²) in [6.07, 6.45) is 1.95. The normalized spacial score (nSPS) is 10.3. The maximum Gasteiger partial charge on any atom is 0.157 e. The van der Waals surface area contributed by atoms with Crippen molar-refractivity contribution in [3.8, 4) is 11.5 Å². The zero-order chi connectivity index (χ0) is 13.5. The second kappa shape index (κ2) is 6.79. The van der Waals surface area contributed by atoms with Crippen molar-refractivity contribution in [1.29, 1.82) is 0 Å². The Bertz CT molecular complexity index is 437. The van der Waals surface area contributed by atoms with Crippen LogP contribution in [0.15, 0.2) is 18.2 Å². The Morgan fingerprint density at radius 1 is 1.06 bits per heavy atom. The molecule has 0 radical (unpaired) electrons. The molecule has 4 heteroatoms. The third kappa shape index (κ3) is 4.57. The largest absolute Gasteiger partial charge is 0.504 e. The molecule has 0 unspecified atom stereocenters. The Balaban J connectivity index is 2.42. The number of hydrogen-bond acceptors (Lipinski definition) is 4. The smallest absolute Gasteiger partial charge is 0.157 e. The van der Waals surface area contributed by atoms with Gasteiger partial charge in [-0.05, 0) is 30.5 Å². The fourth-order valence-electron chi connectivity index (χ4n) is 1.68. The summed E-state index contributed by atoms with van der Waals surface area (Å²) in [5.41, 5.74) is 0.765. The maximum absolute atomic E-state index is 11.5. The Hall–Kier alpha value is -1.84. The lowest BCUT2D eigenvalue weighted by atomic mass is 10.0. The van der Waals surface area contributed by atoms with E-state index >= 15 is 0 Å². The molecule has 0 aliphatic carbocycles. The Morgan fingerprint density at radius 2 is 1.72 bits per heavy atom. The van der Waals surface area contributed by atoms with Crippen LogP contribution in [0.1, 0.15) is 38.2 Å². The first kappa shape index (κ1) is 14.2. The van der Waals surface area contributed by atoms with E-state index in [9.17, 15) is 14.7 Å². The Kier molecular flexibility index (Phi) is 5.36. The van der Waals surface area contributed by atoms with E-state index in [1.54, 1.807) is 6.07 Å². The van der Waals surface area contributed by atoms with Gasteiger partial charge in [-0.2, -0.15) is 0 Å². The second-order valence-corrected chi connectivity index (χ2v) is 4.33. The molecule has 1 aromatic rings. The maximum atomic E-state index is 11.5. The second-order valence-electron chi connectivity index (χ2n) is 4.33. The minimum Gasteiger partial charge on any atom is -0.504 e. The van der Waals surface area contributed by atoms with Crippen LogP contribution in [-0.4, -0.2) is 21.8 Å². The molecule has 98 valence electrons. The van der Waals surface area contributed by atoms with Crippen LogP contribution in [0.25, 0.3) is 0 Å². The number of hydrogen-bond donors (Lipinski definition) is 2. The fourth-order valence-corrected chi connectivity index (χ4v) is 1.68. The van der Waals surface area contributed by atoms with E-state index in [-0.39, 0.29) is 35.9 Å². The fraction of sp³-hybridized carbons (Fsp3) is 0.429. The third-order valence-electron chi connectivity index (χ3n) is 2.66. The van der Waals surface area contributed by atoms with E-state index in [4.69, 9.17) is 5.11 Å². The molecule has 0 saturated carbocycles. The lowest BCUT2D eigenvalue weighted by Gasteiger charge is -2.03. The van der Waals surface area contributed by atoms with Gasteiger partial charge in [0, 0.05) is 12.8 Å². The van der Waals surface area contributed by atoms with E-state index < -0.39 is 0 Å². The van der Waals surface area contributed by atoms with Crippen molar-refractivity contribution in [2.75, 3.05) is 0 Å². The van der Waals surface area contributed by atoms with Crippen LogP contribution in [0, 0.1) is 0 Å². The summed E-state index contributed by atoms with van der Waals surface area (Å²) in [4.78, 5) is 22.8. The van der Waals surface area contributed by atoms with E-state index in [0.29, 0.717) is 12.8 Å². The average molecular weight is 250 g/mol. The molecule has 0 aliphatic heterocycles. The van der Waals surface area contributed by atoms with Crippen LogP contribution in [-0.2, 0) is 16.0 Å². The molecule has 0 bridgehead atoms. The summed E-state index contributed by atoms with van der Waals surface area (Å²) in [6.45, 7) is 1.90. The van der Waals surface area contributed by atoms with E-state index in [1.165, 1.54) is 12.1 Å². The number of ketones is 2. The number of phenolic OH excluding ortho intramolecular Hbond substituents is 2. The first-order valence-electron chi connectivity index (χ1n) is 6.07. The Morgan fingerprint density at radius 3 is 2.33 bits per heavy atom. The molecule has 0 spiro atoms. The number of rotatable bonds is 7. The quantitative estimate of drug-likeness (QED) is 0.575. The van der Waals surface area contributed by atoms with E-state index in [2.05, 4.69) is 0 Å². The molecular formula is C14H18O4. The topological polar surface area (TPSA) is 74.6 Å². The average Bonchev–Trinajstić information content (AvgIpc) is 2.31. The molecule has 1 rings (SSSR count). The molecule has 0 heterocycles. The highest BCUT2D eigenvalue weighted by atomic mass is 16.3. The SMILES string of the molecule is CCCC(=O)CC(=O)CCc1ccc(O)c(O)c1. The molecule has 0 aromatic heterocycles. The van der Waals surface area contributed by atoms with Crippen molar-refractivity contribution in [2.45, 2.75) is 39.0 Å². The molecule has 0 aliphatic rings. The molecule has 0 saturated heterocycles.